The quantitative estimate of drug-likeness (QED) is 0.348. The van der Waals surface area contributed by atoms with Gasteiger partial charge in [-0.15, -0.1) is 0 Å². The molecule has 3 rings (SSSR count). The van der Waals surface area contributed by atoms with E-state index in [2.05, 4.69) is 5.32 Å². The Kier molecular flexibility index (Phi) is 11.1. The molecule has 3 aliphatic rings. The van der Waals surface area contributed by atoms with Crippen LogP contribution in [-0.2, 0) is 38.1 Å². The minimum absolute atomic E-state index is 0.151. The molecule has 13 atom stereocenters. The second kappa shape index (κ2) is 13.5. The van der Waals surface area contributed by atoms with Crippen molar-refractivity contribution in [2.24, 2.45) is 23.7 Å². The lowest BCUT2D eigenvalue weighted by Crippen LogP contribution is -2.60. The van der Waals surface area contributed by atoms with Gasteiger partial charge in [-0.3, -0.25) is 14.4 Å². The summed E-state index contributed by atoms with van der Waals surface area (Å²) in [5, 5.41) is 14.0. The van der Waals surface area contributed by atoms with Crippen molar-refractivity contribution in [3.8, 4) is 0 Å². The van der Waals surface area contributed by atoms with Crippen molar-refractivity contribution in [3.05, 3.63) is 0 Å². The van der Waals surface area contributed by atoms with E-state index >= 15 is 0 Å². The number of aliphatic hydroxyl groups excluding tert-OH is 1. The van der Waals surface area contributed by atoms with Crippen molar-refractivity contribution in [2.45, 2.75) is 129 Å². The Bertz CT molecular complexity index is 1050. The Hall–Kier alpha value is -2.12. The molecule has 1 amide bonds. The number of ketones is 2. The summed E-state index contributed by atoms with van der Waals surface area (Å²) in [5.74, 6) is -4.80. The number of hydrogen-bond acceptors (Lipinski definition) is 11. The van der Waals surface area contributed by atoms with E-state index in [9.17, 15) is 24.3 Å². The van der Waals surface area contributed by atoms with Crippen LogP contribution in [0.25, 0.3) is 0 Å². The molecule has 0 aromatic rings. The number of nitrogens with one attached hydrogen (secondary N) is 1. The zero-order chi connectivity index (χ0) is 32.6. The molecular formula is C31H52N2O10. The number of likely N-dealkylation sites (N-methyl/N-ethyl adjacent to an activating group) is 1. The molecular weight excluding hydrogens is 560 g/mol. The Labute approximate surface area is 255 Å². The fraction of sp³-hybridized carbons (Fsp3) is 0.871. The van der Waals surface area contributed by atoms with Crippen molar-refractivity contribution in [1.82, 2.24) is 10.2 Å². The second-order valence-electron chi connectivity index (χ2n) is 13.4. The zero-order valence-corrected chi connectivity index (χ0v) is 27.5. The molecule has 3 aliphatic heterocycles. The third-order valence-electron chi connectivity index (χ3n) is 9.93. The van der Waals surface area contributed by atoms with E-state index in [1.165, 1.54) is 14.0 Å². The number of aliphatic hydroxyl groups is 1. The van der Waals surface area contributed by atoms with Gasteiger partial charge in [0.15, 0.2) is 17.7 Å². The first-order valence-corrected chi connectivity index (χ1v) is 15.4. The largest absolute Gasteiger partial charge is 0.458 e. The van der Waals surface area contributed by atoms with Gasteiger partial charge >= 0.3 is 12.1 Å². The van der Waals surface area contributed by atoms with Gasteiger partial charge in [0.2, 0.25) is 0 Å². The fourth-order valence-electron chi connectivity index (χ4n) is 7.19. The molecule has 0 aromatic heterocycles. The number of amides is 1. The number of methoxy groups -OCH3 is 1. The molecule has 0 unspecified atom stereocenters. The maximum Gasteiger partial charge on any atom is 0.408 e. The van der Waals surface area contributed by atoms with Crippen molar-refractivity contribution in [2.75, 3.05) is 21.2 Å². The molecule has 43 heavy (non-hydrogen) atoms. The predicted molar refractivity (Wildman–Crippen MR) is 156 cm³/mol. The number of hydrogen-bond donors (Lipinski definition) is 2. The van der Waals surface area contributed by atoms with Crippen LogP contribution < -0.4 is 5.32 Å². The van der Waals surface area contributed by atoms with Gasteiger partial charge in [0, 0.05) is 30.9 Å². The SMILES string of the molecule is CC[C@H]1OC(=O)[C@H](C)C(=O)[C@H](C)[C@@H](O[C@@H]2O[C@H](C)C[C@H](N(C)C)[C@H]2O)[C@](C)(OC)C[C@@H](C)C(=O)[C@@H](C)[C@H]2NC(=O)O[C@@]21C. The van der Waals surface area contributed by atoms with Gasteiger partial charge in [-0.2, -0.15) is 0 Å². The molecule has 12 nitrogen and oxygen atoms in total. The summed E-state index contributed by atoms with van der Waals surface area (Å²) in [7, 11) is 5.21. The van der Waals surface area contributed by atoms with E-state index in [1.54, 1.807) is 41.5 Å². The molecule has 0 saturated carbocycles. The maximum absolute atomic E-state index is 13.9. The zero-order valence-electron chi connectivity index (χ0n) is 27.5. The number of nitrogens with zero attached hydrogens (tertiary/aromatic N) is 1. The molecule has 246 valence electrons. The van der Waals surface area contributed by atoms with E-state index < -0.39 is 83.4 Å². The van der Waals surface area contributed by atoms with E-state index in [4.69, 9.17) is 23.7 Å². The number of rotatable bonds is 5. The minimum atomic E-state index is -1.33. The van der Waals surface area contributed by atoms with Crippen LogP contribution in [0, 0.1) is 23.7 Å². The highest BCUT2D eigenvalue weighted by Gasteiger charge is 2.57. The molecule has 3 heterocycles. The van der Waals surface area contributed by atoms with Gasteiger partial charge in [0.05, 0.1) is 23.9 Å². The van der Waals surface area contributed by atoms with E-state index in [1.807, 2.05) is 25.9 Å². The molecule has 3 saturated heterocycles. The summed E-state index contributed by atoms with van der Waals surface area (Å²) in [6.45, 7) is 13.7. The van der Waals surface area contributed by atoms with Gasteiger partial charge in [-0.1, -0.05) is 27.7 Å². The van der Waals surface area contributed by atoms with Gasteiger partial charge in [-0.25, -0.2) is 4.79 Å². The molecule has 2 N–H and O–H groups in total. The standard InChI is InChI=1S/C31H52N2O10/c1-12-21-31(8)25(32-29(38)43-31)17(4)22(34)15(2)14-30(7,39-11)26(18(5)23(35)19(6)27(37)41-21)42-28-24(36)20(33(9)10)13-16(3)40-28/h15-21,24-26,28,36H,12-14H2,1-11H3,(H,32,38)/t15-,16-,17-,18+,19-,20+,21-,24-,25-,26-,28+,30-,31-/m1/s1. The lowest BCUT2D eigenvalue weighted by Gasteiger charge is -2.47. The maximum atomic E-state index is 13.9. The van der Waals surface area contributed by atoms with Crippen LogP contribution in [0.3, 0.4) is 0 Å². The van der Waals surface area contributed by atoms with Crippen LogP contribution in [-0.4, -0.2) is 109 Å². The molecule has 3 fully saturated rings. The molecule has 0 bridgehead atoms. The summed E-state index contributed by atoms with van der Waals surface area (Å²) >= 11 is 0. The summed E-state index contributed by atoms with van der Waals surface area (Å²) in [4.78, 5) is 55.7. The van der Waals surface area contributed by atoms with Crippen LogP contribution in [0.15, 0.2) is 0 Å². The third kappa shape index (κ3) is 6.93. The Morgan fingerprint density at radius 2 is 1.65 bits per heavy atom. The van der Waals surface area contributed by atoms with Crippen molar-refractivity contribution >= 4 is 23.6 Å². The number of esters is 1. The van der Waals surface area contributed by atoms with Gasteiger partial charge < -0.3 is 39.0 Å². The summed E-state index contributed by atoms with van der Waals surface area (Å²) in [5.41, 5.74) is -2.56. The summed E-state index contributed by atoms with van der Waals surface area (Å²) in [6, 6.07) is -1.04. The predicted octanol–water partition coefficient (Wildman–Crippen LogP) is 2.48. The number of carbonyl (C=O) groups is 4. The summed E-state index contributed by atoms with van der Waals surface area (Å²) in [6.07, 6.45) is -3.96. The number of alkyl carbamates (subject to hydrolysis) is 1. The topological polar surface area (TPSA) is 150 Å². The van der Waals surface area contributed by atoms with Crippen LogP contribution in [0.4, 0.5) is 4.79 Å². The lowest BCUT2D eigenvalue weighted by atomic mass is 9.73. The van der Waals surface area contributed by atoms with Crippen molar-refractivity contribution < 1.29 is 48.0 Å². The first kappa shape index (κ1) is 35.4. The van der Waals surface area contributed by atoms with Crippen LogP contribution in [0.5, 0.6) is 0 Å². The third-order valence-corrected chi connectivity index (χ3v) is 9.93. The first-order valence-electron chi connectivity index (χ1n) is 15.4. The van der Waals surface area contributed by atoms with E-state index in [-0.39, 0.29) is 30.8 Å². The highest BCUT2D eigenvalue weighted by Crippen LogP contribution is 2.40. The smallest absolute Gasteiger partial charge is 0.408 e. The Morgan fingerprint density at radius 3 is 2.21 bits per heavy atom. The van der Waals surface area contributed by atoms with E-state index in [0.29, 0.717) is 6.42 Å². The molecule has 0 aliphatic carbocycles. The number of carbonyl (C=O) groups excluding carboxylic acids is 4. The normalized spacial score (nSPS) is 45.2. The van der Waals surface area contributed by atoms with Crippen molar-refractivity contribution in [3.63, 3.8) is 0 Å². The van der Waals surface area contributed by atoms with Crippen LogP contribution in [0.1, 0.15) is 74.7 Å². The second-order valence-corrected chi connectivity index (χ2v) is 13.4. The van der Waals surface area contributed by atoms with Gasteiger partial charge in [0.25, 0.3) is 0 Å². The molecule has 0 radical (unpaired) electrons. The number of ether oxygens (including phenoxy) is 5. The highest BCUT2D eigenvalue weighted by molar-refractivity contribution is 6.00. The van der Waals surface area contributed by atoms with Crippen LogP contribution >= 0.6 is 0 Å². The average Bonchev–Trinajstić information content (AvgIpc) is 3.27. The highest BCUT2D eigenvalue weighted by atomic mass is 16.7. The molecule has 12 heteroatoms. The van der Waals surface area contributed by atoms with E-state index in [0.717, 1.165) is 0 Å². The Morgan fingerprint density at radius 1 is 1.02 bits per heavy atom. The lowest BCUT2D eigenvalue weighted by molar-refractivity contribution is -0.295. The number of Topliss-reactive ketones (excluding diaryl/α,β-unsaturated/α-hetero) is 2. The molecule has 0 aromatic carbocycles. The minimum Gasteiger partial charge on any atom is -0.458 e. The molecule has 0 spiro atoms. The van der Waals surface area contributed by atoms with Crippen molar-refractivity contribution in [1.29, 1.82) is 0 Å². The van der Waals surface area contributed by atoms with Gasteiger partial charge in [0.1, 0.15) is 23.9 Å². The Balaban J connectivity index is 2.09. The summed E-state index contributed by atoms with van der Waals surface area (Å²) < 4.78 is 30.1. The number of cyclic esters (lactones) is 1. The van der Waals surface area contributed by atoms with Crippen LogP contribution in [0.2, 0.25) is 0 Å². The van der Waals surface area contributed by atoms with Gasteiger partial charge in [-0.05, 0) is 61.1 Å². The number of fused-ring (bicyclic) bond motifs is 1. The first-order chi connectivity index (χ1) is 19.9. The monoisotopic (exact) mass is 612 g/mol. The fourth-order valence-corrected chi connectivity index (χ4v) is 7.19. The average molecular weight is 613 g/mol.